The molecule has 0 radical (unpaired) electrons. The van der Waals surface area contributed by atoms with Crippen LogP contribution < -0.4 is 0 Å². The molecule has 0 aliphatic rings. The summed E-state index contributed by atoms with van der Waals surface area (Å²) >= 11 is -2.02. The van der Waals surface area contributed by atoms with E-state index in [0.717, 1.165) is 0 Å². The van der Waals surface area contributed by atoms with Crippen LogP contribution in [0, 0.1) is 0 Å². The molecule has 0 aromatic heterocycles. The molecule has 12 heavy (non-hydrogen) atoms. The summed E-state index contributed by atoms with van der Waals surface area (Å²) in [6, 6.07) is 0. The number of nitrogens with zero attached hydrogens (tertiary/aromatic N) is 2. The van der Waals surface area contributed by atoms with E-state index in [0.29, 0.717) is 0 Å². The first-order valence-electron chi connectivity index (χ1n) is 4.96. The fourth-order valence-corrected chi connectivity index (χ4v) is 9.63. The molecule has 0 atom stereocenters. The molecular formula is C9H24N2Sn. The van der Waals surface area contributed by atoms with Crippen LogP contribution in [0.3, 0.4) is 0 Å². The monoisotopic (exact) mass is 280 g/mol. The predicted molar refractivity (Wildman–Crippen MR) is 58.7 cm³/mol. The van der Waals surface area contributed by atoms with Crippen molar-refractivity contribution in [2.24, 2.45) is 0 Å². The molecule has 3 heteroatoms. The van der Waals surface area contributed by atoms with E-state index in [9.17, 15) is 0 Å². The quantitative estimate of drug-likeness (QED) is 0.710. The SMILES string of the molecule is CC[N](C)[Sn]([CH3])([CH3])[N](CC)CC. The van der Waals surface area contributed by atoms with Crippen LogP contribution in [0.5, 0.6) is 0 Å². The summed E-state index contributed by atoms with van der Waals surface area (Å²) in [4.78, 5) is 4.98. The Labute approximate surface area is 82.5 Å². The second-order valence-electron chi connectivity index (χ2n) is 3.68. The average Bonchev–Trinajstić information content (AvgIpc) is 2.04. The van der Waals surface area contributed by atoms with Crippen molar-refractivity contribution in [3.63, 3.8) is 0 Å². The zero-order valence-corrected chi connectivity index (χ0v) is 12.4. The molecule has 0 N–H and O–H groups in total. The fourth-order valence-electron chi connectivity index (χ4n) is 1.63. The summed E-state index contributed by atoms with van der Waals surface area (Å²) < 4.78 is 5.26. The van der Waals surface area contributed by atoms with Gasteiger partial charge in [-0.3, -0.25) is 0 Å². The third-order valence-corrected chi connectivity index (χ3v) is 15.4. The Kier molecular flexibility index (Phi) is 5.78. The minimum absolute atomic E-state index is 1.19. The topological polar surface area (TPSA) is 6.48 Å². The summed E-state index contributed by atoms with van der Waals surface area (Å²) in [5, 5.41) is 0. The normalized spacial score (nSPS) is 13.0. The predicted octanol–water partition coefficient (Wildman–Crippen LogP) is 1.98. The second kappa shape index (κ2) is 5.45. The van der Waals surface area contributed by atoms with E-state index < -0.39 is 18.9 Å². The van der Waals surface area contributed by atoms with Crippen LogP contribution in [0.4, 0.5) is 0 Å². The molecular weight excluding hydrogens is 255 g/mol. The van der Waals surface area contributed by atoms with Crippen LogP contribution in [-0.4, -0.2) is 51.8 Å². The van der Waals surface area contributed by atoms with Crippen molar-refractivity contribution < 1.29 is 0 Å². The molecule has 0 bridgehead atoms. The van der Waals surface area contributed by atoms with Gasteiger partial charge in [-0.2, -0.15) is 0 Å². The Bertz CT molecular complexity index is 122. The Morgan fingerprint density at radius 2 is 1.33 bits per heavy atom. The van der Waals surface area contributed by atoms with Crippen LogP contribution in [0.2, 0.25) is 9.88 Å². The molecule has 2 nitrogen and oxygen atoms in total. The van der Waals surface area contributed by atoms with Gasteiger partial charge in [-0.1, -0.05) is 0 Å². The van der Waals surface area contributed by atoms with Gasteiger partial charge >= 0.3 is 82.5 Å². The van der Waals surface area contributed by atoms with Crippen LogP contribution in [0.25, 0.3) is 0 Å². The summed E-state index contributed by atoms with van der Waals surface area (Å²) in [5.41, 5.74) is 0. The molecule has 0 aliphatic heterocycles. The zero-order valence-electron chi connectivity index (χ0n) is 9.52. The van der Waals surface area contributed by atoms with Crippen molar-refractivity contribution in [3.8, 4) is 0 Å². The molecule has 74 valence electrons. The fraction of sp³-hybridized carbons (Fsp3) is 1.00. The van der Waals surface area contributed by atoms with E-state index in [1.165, 1.54) is 19.6 Å². The molecule has 0 fully saturated rings. The first-order valence-corrected chi connectivity index (χ1v) is 13.2. The summed E-state index contributed by atoms with van der Waals surface area (Å²) in [6.45, 7) is 10.4. The Balaban J connectivity index is 4.33. The maximum absolute atomic E-state index is 2.68. The van der Waals surface area contributed by atoms with Crippen molar-refractivity contribution in [1.29, 1.82) is 0 Å². The molecule has 0 unspecified atom stereocenters. The molecule has 0 heterocycles. The van der Waals surface area contributed by atoms with E-state index in [4.69, 9.17) is 0 Å². The number of rotatable bonds is 5. The number of hydrogen-bond acceptors (Lipinski definition) is 2. The maximum atomic E-state index is 2.68. The van der Waals surface area contributed by atoms with Gasteiger partial charge in [0.05, 0.1) is 0 Å². The molecule has 0 amide bonds. The summed E-state index contributed by atoms with van der Waals surface area (Å²) in [5.74, 6) is 0. The third-order valence-electron chi connectivity index (χ3n) is 2.95. The van der Waals surface area contributed by atoms with Gasteiger partial charge in [0.25, 0.3) is 0 Å². The van der Waals surface area contributed by atoms with Crippen molar-refractivity contribution in [2.45, 2.75) is 30.7 Å². The minimum atomic E-state index is -2.02. The van der Waals surface area contributed by atoms with Gasteiger partial charge in [0.15, 0.2) is 0 Å². The molecule has 0 aromatic rings. The van der Waals surface area contributed by atoms with Gasteiger partial charge in [0.1, 0.15) is 0 Å². The standard InChI is InChI=1S/C4H10N.C3H8N.2CH3.Sn/c1-3-5-4-2;1-3-4-2;;;/h3-4H2,1-2H3;3H2,1-2H3;2*1H3;/q2*-1;;;+2. The third kappa shape index (κ3) is 2.89. The van der Waals surface area contributed by atoms with E-state index in [1.54, 1.807) is 0 Å². The van der Waals surface area contributed by atoms with Gasteiger partial charge in [0.2, 0.25) is 0 Å². The molecule has 0 saturated heterocycles. The number of hydrogen-bond donors (Lipinski definition) is 0. The van der Waals surface area contributed by atoms with E-state index in [-0.39, 0.29) is 0 Å². The van der Waals surface area contributed by atoms with Gasteiger partial charge in [0, 0.05) is 0 Å². The van der Waals surface area contributed by atoms with Crippen molar-refractivity contribution >= 4 is 18.9 Å². The van der Waals surface area contributed by atoms with Crippen LogP contribution in [0.15, 0.2) is 0 Å². The van der Waals surface area contributed by atoms with Gasteiger partial charge in [-0.25, -0.2) is 0 Å². The van der Waals surface area contributed by atoms with Gasteiger partial charge < -0.3 is 0 Å². The Morgan fingerprint density at radius 3 is 1.58 bits per heavy atom. The Morgan fingerprint density at radius 1 is 0.917 bits per heavy atom. The molecule has 0 aromatic carbocycles. The van der Waals surface area contributed by atoms with Crippen molar-refractivity contribution in [1.82, 2.24) is 6.24 Å². The first-order chi connectivity index (χ1) is 5.50. The zero-order chi connectivity index (χ0) is 9.78. The van der Waals surface area contributed by atoms with Crippen molar-refractivity contribution in [3.05, 3.63) is 0 Å². The van der Waals surface area contributed by atoms with Gasteiger partial charge in [-0.15, -0.1) is 0 Å². The van der Waals surface area contributed by atoms with Crippen LogP contribution >= 0.6 is 0 Å². The molecule has 0 saturated carbocycles. The average molecular weight is 279 g/mol. The van der Waals surface area contributed by atoms with Crippen molar-refractivity contribution in [2.75, 3.05) is 26.7 Å². The van der Waals surface area contributed by atoms with Crippen LogP contribution in [-0.2, 0) is 0 Å². The Hall–Kier alpha value is 0.719. The van der Waals surface area contributed by atoms with Crippen LogP contribution in [0.1, 0.15) is 20.8 Å². The summed E-state index contributed by atoms with van der Waals surface area (Å²) in [7, 11) is 2.27. The second-order valence-corrected chi connectivity index (χ2v) is 16.2. The van der Waals surface area contributed by atoms with Gasteiger partial charge in [-0.05, 0) is 0 Å². The summed E-state index contributed by atoms with van der Waals surface area (Å²) in [6.07, 6.45) is 0. The van der Waals surface area contributed by atoms with E-state index in [2.05, 4.69) is 43.9 Å². The molecule has 0 spiro atoms. The molecule has 0 aliphatic carbocycles. The molecule has 0 rings (SSSR count). The van der Waals surface area contributed by atoms with E-state index in [1.807, 2.05) is 0 Å². The first kappa shape index (κ1) is 12.7. The van der Waals surface area contributed by atoms with E-state index >= 15 is 0 Å².